The van der Waals surface area contributed by atoms with Gasteiger partial charge in [-0.3, -0.25) is 0 Å². The standard InChI is InChI=1S/C21H27NO3S/c1-15(13-16-5-10-20-17(14-16)11-12-25-20)22-26(23,24)19-8-6-18(7-9-19)21(2,3)4/h5-10,14-15,22H,11-13H2,1-4H3. The Bertz CT molecular complexity index is 880. The van der Waals surface area contributed by atoms with E-state index < -0.39 is 10.0 Å². The predicted octanol–water partition coefficient (Wildman–Crippen LogP) is 3.83. The fourth-order valence-corrected chi connectivity index (χ4v) is 4.47. The molecule has 0 amide bonds. The van der Waals surface area contributed by atoms with Gasteiger partial charge in [-0.1, -0.05) is 45.0 Å². The Balaban J connectivity index is 1.68. The number of rotatable bonds is 5. The van der Waals surface area contributed by atoms with Gasteiger partial charge in [0.2, 0.25) is 10.0 Å². The summed E-state index contributed by atoms with van der Waals surface area (Å²) in [7, 11) is -3.53. The first kappa shape index (κ1) is 18.9. The lowest BCUT2D eigenvalue weighted by atomic mass is 9.87. The fourth-order valence-electron chi connectivity index (χ4n) is 3.23. The molecule has 0 radical (unpaired) electrons. The number of ether oxygens (including phenoxy) is 1. The van der Waals surface area contributed by atoms with E-state index in [0.29, 0.717) is 11.3 Å². The Morgan fingerprint density at radius 1 is 1.12 bits per heavy atom. The third kappa shape index (κ3) is 4.27. The van der Waals surface area contributed by atoms with E-state index in [1.165, 1.54) is 5.56 Å². The highest BCUT2D eigenvalue weighted by Crippen LogP contribution is 2.27. The van der Waals surface area contributed by atoms with Gasteiger partial charge in [-0.2, -0.15) is 0 Å². The smallest absolute Gasteiger partial charge is 0.240 e. The maximum atomic E-state index is 12.6. The lowest BCUT2D eigenvalue weighted by molar-refractivity contribution is 0.357. The first-order valence-electron chi connectivity index (χ1n) is 9.03. The average Bonchev–Trinajstić information content (AvgIpc) is 3.01. The minimum absolute atomic E-state index is 0.000292. The van der Waals surface area contributed by atoms with Crippen molar-refractivity contribution in [1.29, 1.82) is 0 Å². The molecule has 1 N–H and O–H groups in total. The summed E-state index contributed by atoms with van der Waals surface area (Å²) in [5.74, 6) is 0.945. The zero-order valence-electron chi connectivity index (χ0n) is 15.9. The molecule has 2 aromatic carbocycles. The van der Waals surface area contributed by atoms with Crippen molar-refractivity contribution in [3.63, 3.8) is 0 Å². The second-order valence-corrected chi connectivity index (χ2v) is 9.76. The number of fused-ring (bicyclic) bond motifs is 1. The van der Waals surface area contributed by atoms with Crippen molar-refractivity contribution in [3.8, 4) is 5.75 Å². The molecule has 1 aliphatic rings. The van der Waals surface area contributed by atoms with E-state index in [0.717, 1.165) is 29.9 Å². The summed E-state index contributed by atoms with van der Waals surface area (Å²) < 4.78 is 33.6. The summed E-state index contributed by atoms with van der Waals surface area (Å²) in [6.45, 7) is 8.95. The maximum absolute atomic E-state index is 12.6. The highest BCUT2D eigenvalue weighted by atomic mass is 32.2. The molecule has 0 spiro atoms. The summed E-state index contributed by atoms with van der Waals surface area (Å²) in [6, 6.07) is 13.1. The molecular weight excluding hydrogens is 346 g/mol. The number of sulfonamides is 1. The van der Waals surface area contributed by atoms with Crippen LogP contribution in [0.5, 0.6) is 5.75 Å². The van der Waals surface area contributed by atoms with Gasteiger partial charge in [0.1, 0.15) is 5.75 Å². The van der Waals surface area contributed by atoms with Crippen LogP contribution in [-0.4, -0.2) is 21.1 Å². The Morgan fingerprint density at radius 3 is 2.46 bits per heavy atom. The molecule has 1 atom stereocenters. The minimum atomic E-state index is -3.53. The zero-order chi connectivity index (χ0) is 18.9. The van der Waals surface area contributed by atoms with Crippen molar-refractivity contribution in [2.24, 2.45) is 0 Å². The predicted molar refractivity (Wildman–Crippen MR) is 104 cm³/mol. The molecule has 26 heavy (non-hydrogen) atoms. The lowest BCUT2D eigenvalue weighted by Crippen LogP contribution is -2.34. The van der Waals surface area contributed by atoms with Gasteiger partial charge in [0.25, 0.3) is 0 Å². The number of nitrogens with one attached hydrogen (secondary N) is 1. The summed E-state index contributed by atoms with van der Waals surface area (Å²) in [6.07, 6.45) is 1.57. The van der Waals surface area contributed by atoms with Crippen molar-refractivity contribution in [3.05, 3.63) is 59.2 Å². The van der Waals surface area contributed by atoms with Crippen molar-refractivity contribution in [2.45, 2.75) is 56.9 Å². The van der Waals surface area contributed by atoms with Crippen molar-refractivity contribution < 1.29 is 13.2 Å². The molecule has 0 aliphatic carbocycles. The Hall–Kier alpha value is -1.85. The van der Waals surface area contributed by atoms with Gasteiger partial charge < -0.3 is 4.74 Å². The summed E-state index contributed by atoms with van der Waals surface area (Å²) in [5.41, 5.74) is 3.44. The van der Waals surface area contributed by atoms with E-state index in [2.05, 4.69) is 31.6 Å². The molecule has 0 saturated heterocycles. The molecule has 1 aliphatic heterocycles. The first-order valence-corrected chi connectivity index (χ1v) is 10.5. The van der Waals surface area contributed by atoms with Crippen LogP contribution in [0.2, 0.25) is 0 Å². The topological polar surface area (TPSA) is 55.4 Å². The van der Waals surface area contributed by atoms with Crippen LogP contribution in [0.1, 0.15) is 44.4 Å². The van der Waals surface area contributed by atoms with Crippen LogP contribution in [-0.2, 0) is 28.3 Å². The largest absolute Gasteiger partial charge is 0.493 e. The summed E-state index contributed by atoms with van der Waals surface area (Å²) in [4.78, 5) is 0.305. The van der Waals surface area contributed by atoms with Gasteiger partial charge in [0, 0.05) is 12.5 Å². The Morgan fingerprint density at radius 2 is 1.81 bits per heavy atom. The second-order valence-electron chi connectivity index (χ2n) is 8.04. The van der Waals surface area contributed by atoms with Gasteiger partial charge in [-0.25, -0.2) is 13.1 Å². The van der Waals surface area contributed by atoms with Crippen LogP contribution >= 0.6 is 0 Å². The molecule has 4 nitrogen and oxygen atoms in total. The Labute approximate surface area is 156 Å². The second kappa shape index (κ2) is 7.05. The average molecular weight is 374 g/mol. The van der Waals surface area contributed by atoms with Crippen molar-refractivity contribution in [1.82, 2.24) is 4.72 Å². The van der Waals surface area contributed by atoms with Gasteiger partial charge in [-0.15, -0.1) is 0 Å². The van der Waals surface area contributed by atoms with Crippen LogP contribution in [0.3, 0.4) is 0 Å². The van der Waals surface area contributed by atoms with Crippen molar-refractivity contribution >= 4 is 10.0 Å². The van der Waals surface area contributed by atoms with Crippen molar-refractivity contribution in [2.75, 3.05) is 6.61 Å². The Kier molecular flexibility index (Phi) is 5.13. The van der Waals surface area contributed by atoms with Crippen LogP contribution in [0, 0.1) is 0 Å². The fraction of sp³-hybridized carbons (Fsp3) is 0.429. The molecule has 5 heteroatoms. The third-order valence-corrected chi connectivity index (χ3v) is 6.29. The van der Waals surface area contributed by atoms with Crippen LogP contribution in [0.4, 0.5) is 0 Å². The van der Waals surface area contributed by atoms with Gasteiger partial charge in [0.05, 0.1) is 11.5 Å². The van der Waals surface area contributed by atoms with E-state index in [4.69, 9.17) is 4.74 Å². The lowest BCUT2D eigenvalue weighted by Gasteiger charge is -2.20. The number of hydrogen-bond donors (Lipinski definition) is 1. The molecule has 0 fully saturated rings. The molecule has 0 bridgehead atoms. The number of benzene rings is 2. The molecule has 0 aromatic heterocycles. The normalized spacial score (nSPS) is 15.4. The third-order valence-electron chi connectivity index (χ3n) is 4.68. The quantitative estimate of drug-likeness (QED) is 0.867. The molecule has 1 heterocycles. The van der Waals surface area contributed by atoms with Gasteiger partial charge in [-0.05, 0) is 53.6 Å². The van der Waals surface area contributed by atoms with Crippen LogP contribution in [0.25, 0.3) is 0 Å². The highest BCUT2D eigenvalue weighted by molar-refractivity contribution is 7.89. The van der Waals surface area contributed by atoms with E-state index in [1.807, 2.05) is 31.2 Å². The van der Waals surface area contributed by atoms with E-state index >= 15 is 0 Å². The first-order chi connectivity index (χ1) is 12.1. The molecular formula is C21H27NO3S. The molecule has 0 saturated carbocycles. The van der Waals surface area contributed by atoms with E-state index in [9.17, 15) is 8.42 Å². The molecule has 1 unspecified atom stereocenters. The van der Waals surface area contributed by atoms with Crippen LogP contribution < -0.4 is 9.46 Å². The van der Waals surface area contributed by atoms with Gasteiger partial charge in [0.15, 0.2) is 0 Å². The molecule has 140 valence electrons. The highest BCUT2D eigenvalue weighted by Gasteiger charge is 2.20. The van der Waals surface area contributed by atoms with E-state index in [-0.39, 0.29) is 11.5 Å². The molecule has 2 aromatic rings. The SMILES string of the molecule is CC(Cc1ccc2c(c1)CCO2)NS(=O)(=O)c1ccc(C(C)(C)C)cc1. The van der Waals surface area contributed by atoms with E-state index in [1.54, 1.807) is 12.1 Å². The maximum Gasteiger partial charge on any atom is 0.240 e. The molecule has 3 rings (SSSR count). The number of hydrogen-bond acceptors (Lipinski definition) is 3. The zero-order valence-corrected chi connectivity index (χ0v) is 16.7. The van der Waals surface area contributed by atoms with Crippen LogP contribution in [0.15, 0.2) is 47.4 Å². The summed E-state index contributed by atoms with van der Waals surface area (Å²) in [5, 5.41) is 0. The summed E-state index contributed by atoms with van der Waals surface area (Å²) >= 11 is 0. The minimum Gasteiger partial charge on any atom is -0.493 e. The monoisotopic (exact) mass is 373 g/mol. The van der Waals surface area contributed by atoms with Gasteiger partial charge >= 0.3 is 0 Å².